The van der Waals surface area contributed by atoms with Crippen molar-refractivity contribution in [3.8, 4) is 0 Å². The molecular formula is C16H17N3O2. The van der Waals surface area contributed by atoms with Crippen molar-refractivity contribution in [2.24, 2.45) is 0 Å². The molecule has 3 rings (SSSR count). The quantitative estimate of drug-likeness (QED) is 0.890. The van der Waals surface area contributed by atoms with E-state index < -0.39 is 0 Å². The summed E-state index contributed by atoms with van der Waals surface area (Å²) in [7, 11) is 0. The number of ketones is 1. The molecule has 0 aliphatic heterocycles. The van der Waals surface area contributed by atoms with Gasteiger partial charge in [-0.1, -0.05) is 6.07 Å². The number of nitrogens with one attached hydrogen (secondary N) is 2. The second kappa shape index (κ2) is 5.16. The van der Waals surface area contributed by atoms with Crippen molar-refractivity contribution in [2.75, 3.05) is 5.32 Å². The molecule has 21 heavy (non-hydrogen) atoms. The van der Waals surface area contributed by atoms with Crippen LogP contribution in [0.1, 0.15) is 50.6 Å². The average Bonchev–Trinajstić information content (AvgIpc) is 2.77. The number of aromatic nitrogens is 2. The molecule has 0 radical (unpaired) electrons. The molecule has 0 atom stereocenters. The monoisotopic (exact) mass is 283 g/mol. The molecule has 2 aromatic rings. The highest BCUT2D eigenvalue weighted by Gasteiger charge is 2.26. The lowest BCUT2D eigenvalue weighted by molar-refractivity contribution is 0.0971. The molecule has 1 amide bonds. The molecule has 0 unspecified atom stereocenters. The van der Waals surface area contributed by atoms with Gasteiger partial charge in [-0.2, -0.15) is 0 Å². The third-order valence-corrected chi connectivity index (χ3v) is 3.79. The van der Waals surface area contributed by atoms with Crippen LogP contribution in [0, 0.1) is 13.8 Å². The normalized spacial score (nSPS) is 13.9. The van der Waals surface area contributed by atoms with Gasteiger partial charge in [0, 0.05) is 23.4 Å². The van der Waals surface area contributed by atoms with E-state index in [-0.39, 0.29) is 11.7 Å². The highest BCUT2D eigenvalue weighted by molar-refractivity contribution is 6.08. The highest BCUT2D eigenvalue weighted by atomic mass is 16.2. The maximum absolute atomic E-state index is 12.4. The molecule has 0 aromatic carbocycles. The molecule has 1 aliphatic carbocycles. The van der Waals surface area contributed by atoms with E-state index in [4.69, 9.17) is 0 Å². The fraction of sp³-hybridized carbons (Fsp3) is 0.312. The van der Waals surface area contributed by atoms with Crippen LogP contribution in [-0.4, -0.2) is 21.7 Å². The van der Waals surface area contributed by atoms with E-state index in [1.807, 2.05) is 26.0 Å². The van der Waals surface area contributed by atoms with Crippen LogP contribution in [0.15, 0.2) is 18.2 Å². The number of aromatic amines is 1. The fourth-order valence-electron chi connectivity index (χ4n) is 2.79. The number of carbonyl (C=O) groups is 2. The lowest BCUT2D eigenvalue weighted by atomic mass is 9.94. The Kier molecular flexibility index (Phi) is 3.33. The summed E-state index contributed by atoms with van der Waals surface area (Å²) in [6.07, 6.45) is 2.22. The molecule has 0 saturated heterocycles. The SMILES string of the molecule is Cc1cccc(NC(=O)c2[nH]c3c(c2C)C(=O)CCC3)n1. The Morgan fingerprint density at radius 3 is 2.81 bits per heavy atom. The number of pyridine rings is 1. The molecule has 108 valence electrons. The van der Waals surface area contributed by atoms with Crippen LogP contribution in [-0.2, 0) is 6.42 Å². The van der Waals surface area contributed by atoms with Gasteiger partial charge in [-0.15, -0.1) is 0 Å². The van der Waals surface area contributed by atoms with Crippen molar-refractivity contribution >= 4 is 17.5 Å². The van der Waals surface area contributed by atoms with Crippen molar-refractivity contribution in [1.29, 1.82) is 0 Å². The number of rotatable bonds is 2. The number of carbonyl (C=O) groups excluding carboxylic acids is 2. The summed E-state index contributed by atoms with van der Waals surface area (Å²) < 4.78 is 0. The maximum Gasteiger partial charge on any atom is 0.273 e. The Hall–Kier alpha value is -2.43. The molecule has 2 heterocycles. The number of hydrogen-bond donors (Lipinski definition) is 2. The third kappa shape index (κ3) is 2.46. The van der Waals surface area contributed by atoms with Crippen molar-refractivity contribution in [1.82, 2.24) is 9.97 Å². The molecule has 0 bridgehead atoms. The predicted octanol–water partition coefficient (Wildman–Crippen LogP) is 2.80. The standard InChI is InChI=1S/C16H17N3O2/c1-9-5-3-8-13(17-9)19-16(21)15-10(2)14-11(18-15)6-4-7-12(14)20/h3,5,8,18H,4,6-7H2,1-2H3,(H,17,19,21). The van der Waals surface area contributed by atoms with Crippen LogP contribution in [0.2, 0.25) is 0 Å². The van der Waals surface area contributed by atoms with Crippen LogP contribution in [0.25, 0.3) is 0 Å². The lowest BCUT2D eigenvalue weighted by Crippen LogP contribution is -2.15. The van der Waals surface area contributed by atoms with Crippen molar-refractivity contribution < 1.29 is 9.59 Å². The van der Waals surface area contributed by atoms with Crippen LogP contribution in [0.4, 0.5) is 5.82 Å². The summed E-state index contributed by atoms with van der Waals surface area (Å²) >= 11 is 0. The highest BCUT2D eigenvalue weighted by Crippen LogP contribution is 2.26. The Balaban J connectivity index is 1.90. The van der Waals surface area contributed by atoms with E-state index >= 15 is 0 Å². The zero-order chi connectivity index (χ0) is 15.0. The minimum absolute atomic E-state index is 0.123. The molecule has 1 aliphatic rings. The first-order valence-corrected chi connectivity index (χ1v) is 7.06. The summed E-state index contributed by atoms with van der Waals surface area (Å²) in [4.78, 5) is 31.7. The Morgan fingerprint density at radius 1 is 1.29 bits per heavy atom. The number of hydrogen-bond acceptors (Lipinski definition) is 3. The minimum Gasteiger partial charge on any atom is -0.354 e. The van der Waals surface area contributed by atoms with Gasteiger partial charge in [0.25, 0.3) is 5.91 Å². The van der Waals surface area contributed by atoms with Gasteiger partial charge in [-0.05, 0) is 44.4 Å². The van der Waals surface area contributed by atoms with Crippen LogP contribution < -0.4 is 5.32 Å². The molecule has 0 fully saturated rings. The zero-order valence-corrected chi connectivity index (χ0v) is 12.1. The number of anilines is 1. The molecule has 5 heteroatoms. The van der Waals surface area contributed by atoms with Gasteiger partial charge in [0.15, 0.2) is 5.78 Å². The Morgan fingerprint density at radius 2 is 2.10 bits per heavy atom. The van der Waals surface area contributed by atoms with Gasteiger partial charge in [-0.25, -0.2) is 4.98 Å². The summed E-state index contributed by atoms with van der Waals surface area (Å²) in [6.45, 7) is 3.68. The van der Waals surface area contributed by atoms with Gasteiger partial charge in [0.1, 0.15) is 11.5 Å². The average molecular weight is 283 g/mol. The summed E-state index contributed by atoms with van der Waals surface area (Å²) in [5, 5.41) is 2.77. The van der Waals surface area contributed by atoms with E-state index in [1.165, 1.54) is 0 Å². The van der Waals surface area contributed by atoms with Crippen molar-refractivity contribution in [3.05, 3.63) is 46.4 Å². The number of Topliss-reactive ketones (excluding diaryl/α,β-unsaturated/α-hetero) is 1. The number of amides is 1. The first-order chi connectivity index (χ1) is 10.1. The number of H-pyrrole nitrogens is 1. The smallest absolute Gasteiger partial charge is 0.273 e. The van der Waals surface area contributed by atoms with E-state index in [0.717, 1.165) is 29.8 Å². The fourth-order valence-corrected chi connectivity index (χ4v) is 2.79. The van der Waals surface area contributed by atoms with Gasteiger partial charge >= 0.3 is 0 Å². The largest absolute Gasteiger partial charge is 0.354 e. The predicted molar refractivity (Wildman–Crippen MR) is 79.7 cm³/mol. The molecule has 0 saturated carbocycles. The second-order valence-corrected chi connectivity index (χ2v) is 5.37. The van der Waals surface area contributed by atoms with Gasteiger partial charge in [0.05, 0.1) is 0 Å². The maximum atomic E-state index is 12.4. The molecular weight excluding hydrogens is 266 g/mol. The van der Waals surface area contributed by atoms with E-state index in [1.54, 1.807) is 6.07 Å². The van der Waals surface area contributed by atoms with E-state index in [9.17, 15) is 9.59 Å². The lowest BCUT2D eigenvalue weighted by Gasteiger charge is -2.09. The van der Waals surface area contributed by atoms with Crippen LogP contribution >= 0.6 is 0 Å². The zero-order valence-electron chi connectivity index (χ0n) is 12.1. The van der Waals surface area contributed by atoms with Crippen LogP contribution in [0.3, 0.4) is 0 Å². The summed E-state index contributed by atoms with van der Waals surface area (Å²) in [5.74, 6) is 0.379. The minimum atomic E-state index is -0.257. The van der Waals surface area contributed by atoms with E-state index in [0.29, 0.717) is 23.5 Å². The third-order valence-electron chi connectivity index (χ3n) is 3.79. The van der Waals surface area contributed by atoms with Gasteiger partial charge in [0.2, 0.25) is 0 Å². The van der Waals surface area contributed by atoms with Gasteiger partial charge < -0.3 is 10.3 Å². The number of aryl methyl sites for hydroxylation is 2. The first kappa shape index (κ1) is 13.5. The summed E-state index contributed by atoms with van der Waals surface area (Å²) in [5.41, 5.74) is 3.61. The van der Waals surface area contributed by atoms with E-state index in [2.05, 4.69) is 15.3 Å². The Labute approximate surface area is 122 Å². The first-order valence-electron chi connectivity index (χ1n) is 7.06. The number of fused-ring (bicyclic) bond motifs is 1. The molecule has 5 nitrogen and oxygen atoms in total. The molecule has 2 N–H and O–H groups in total. The molecule has 2 aromatic heterocycles. The van der Waals surface area contributed by atoms with Crippen molar-refractivity contribution in [2.45, 2.75) is 33.1 Å². The number of nitrogens with zero attached hydrogens (tertiary/aromatic N) is 1. The Bertz CT molecular complexity index is 731. The van der Waals surface area contributed by atoms with Crippen LogP contribution in [0.5, 0.6) is 0 Å². The van der Waals surface area contributed by atoms with Gasteiger partial charge in [-0.3, -0.25) is 9.59 Å². The van der Waals surface area contributed by atoms with Crippen molar-refractivity contribution in [3.63, 3.8) is 0 Å². The molecule has 0 spiro atoms. The summed E-state index contributed by atoms with van der Waals surface area (Å²) in [6, 6.07) is 5.45. The topological polar surface area (TPSA) is 74.8 Å². The second-order valence-electron chi connectivity index (χ2n) is 5.37.